The number of likely N-dealkylation sites (tertiary alicyclic amines) is 1. The third-order valence-corrected chi connectivity index (χ3v) is 8.56. The van der Waals surface area contributed by atoms with Crippen LogP contribution < -0.4 is 23.5 Å². The summed E-state index contributed by atoms with van der Waals surface area (Å²) >= 11 is 0. The average Bonchev–Trinajstić information content (AvgIpc) is 3.50. The molecule has 0 radical (unpaired) electrons. The highest BCUT2D eigenvalue weighted by molar-refractivity contribution is 6.05. The van der Waals surface area contributed by atoms with Gasteiger partial charge in [0.25, 0.3) is 0 Å². The quantitative estimate of drug-likeness (QED) is 0.147. The lowest BCUT2D eigenvalue weighted by atomic mass is 9.92. The van der Waals surface area contributed by atoms with Gasteiger partial charge in [0.05, 0.1) is 12.3 Å². The van der Waals surface area contributed by atoms with Crippen LogP contribution in [0.4, 0.5) is 0 Å². The van der Waals surface area contributed by atoms with Gasteiger partial charge in [0.15, 0.2) is 11.9 Å². The Morgan fingerprint density at radius 1 is 1.04 bits per heavy atom. The van der Waals surface area contributed by atoms with E-state index in [-0.39, 0.29) is 43.3 Å². The van der Waals surface area contributed by atoms with E-state index in [0.29, 0.717) is 25.8 Å². The Kier molecular flexibility index (Phi) is 17.5. The van der Waals surface area contributed by atoms with Gasteiger partial charge in [-0.1, -0.05) is 71.9 Å². The molecule has 1 aromatic rings. The Labute approximate surface area is 279 Å². The van der Waals surface area contributed by atoms with Gasteiger partial charge in [-0.05, 0) is 50.0 Å². The first kappa shape index (κ1) is 41.0. The molecule has 2 rings (SSSR count). The minimum absolute atomic E-state index is 0. The normalized spacial score (nSPS) is 18.5. The largest absolute Gasteiger partial charge is 1.00 e. The number of amides is 2. The Morgan fingerprint density at radius 2 is 1.67 bits per heavy atom. The summed E-state index contributed by atoms with van der Waals surface area (Å²) in [6.07, 6.45) is -0.378. The minimum atomic E-state index is -1.22. The maximum absolute atomic E-state index is 13.7. The van der Waals surface area contributed by atoms with Gasteiger partial charge in [-0.25, -0.2) is 4.79 Å². The molecule has 0 spiro atoms. The molecule has 1 heterocycles. The number of aliphatic hydroxyl groups excluding tert-OH is 1. The molecule has 5 N–H and O–H groups in total. The van der Waals surface area contributed by atoms with Crippen molar-refractivity contribution in [3.05, 3.63) is 35.9 Å². The molecule has 1 aliphatic rings. The van der Waals surface area contributed by atoms with Gasteiger partial charge in [0.1, 0.15) is 30.8 Å². The standard InChI is InChI=1S/C34H53N3O8.ClH/c1-8-22(6)29(35)27(38)18-28(39)45-31(21(4)5)30(40)23(7)32(41)36-25(17-20(2)3)33(42)37-16-12-15-26(37)34(43)44-19-24-13-10-9-11-14-24;/h9-11,13-14,20-23,25-27,29,31,38H,8,12,15-19,35H2,1-7H3,(H,36,41);1H/t22-,23?,25-,26-,27-,29+,31-;/m0./s1. The van der Waals surface area contributed by atoms with Crippen LogP contribution in [0.3, 0.4) is 0 Å². The van der Waals surface area contributed by atoms with Crippen molar-refractivity contribution in [2.75, 3.05) is 6.54 Å². The van der Waals surface area contributed by atoms with Crippen molar-refractivity contribution >= 4 is 29.5 Å². The van der Waals surface area contributed by atoms with Crippen LogP contribution in [0, 0.1) is 23.7 Å². The van der Waals surface area contributed by atoms with Crippen LogP contribution in [0.1, 0.15) is 86.1 Å². The van der Waals surface area contributed by atoms with Gasteiger partial charge < -0.3 is 42.9 Å². The zero-order chi connectivity index (χ0) is 33.8. The number of aliphatic hydroxyl groups is 1. The number of hydrogen-bond acceptors (Lipinski definition) is 8. The summed E-state index contributed by atoms with van der Waals surface area (Å²) in [5, 5.41) is 13.2. The number of hydrogen-bond donors (Lipinski definition) is 3. The van der Waals surface area contributed by atoms with Crippen LogP contribution in [-0.4, -0.2) is 76.4 Å². The lowest BCUT2D eigenvalue weighted by Crippen LogP contribution is -3.00. The third kappa shape index (κ3) is 12.0. The van der Waals surface area contributed by atoms with Crippen molar-refractivity contribution in [2.45, 2.75) is 118 Å². The Bertz CT molecular complexity index is 1150. The first-order valence-electron chi connectivity index (χ1n) is 16.2. The topological polar surface area (TPSA) is 167 Å². The van der Waals surface area contributed by atoms with Crippen molar-refractivity contribution < 1.29 is 56.7 Å². The zero-order valence-corrected chi connectivity index (χ0v) is 29.1. The predicted octanol–water partition coefficient (Wildman–Crippen LogP) is -0.564. The van der Waals surface area contributed by atoms with E-state index in [1.165, 1.54) is 11.8 Å². The van der Waals surface area contributed by atoms with E-state index in [2.05, 4.69) is 11.1 Å². The molecule has 1 unspecified atom stereocenters. The predicted molar refractivity (Wildman–Crippen MR) is 168 cm³/mol. The molecule has 46 heavy (non-hydrogen) atoms. The summed E-state index contributed by atoms with van der Waals surface area (Å²) in [4.78, 5) is 67.6. The lowest BCUT2D eigenvalue weighted by molar-refractivity contribution is -0.449. The van der Waals surface area contributed by atoms with Crippen LogP contribution in [0.25, 0.3) is 0 Å². The number of benzene rings is 1. The molecule has 0 aromatic heterocycles. The molecular formula is C34H54ClN3O8. The summed E-state index contributed by atoms with van der Waals surface area (Å²) in [6.45, 7) is 13.0. The molecule has 1 saturated heterocycles. The maximum atomic E-state index is 13.7. The first-order valence-corrected chi connectivity index (χ1v) is 16.2. The number of rotatable bonds is 17. The number of esters is 2. The second-order valence-electron chi connectivity index (χ2n) is 13.1. The summed E-state index contributed by atoms with van der Waals surface area (Å²) in [6, 6.07) is 7.18. The van der Waals surface area contributed by atoms with Gasteiger partial charge in [-0.3, -0.25) is 19.2 Å². The first-order chi connectivity index (χ1) is 21.2. The van der Waals surface area contributed by atoms with E-state index < -0.39 is 65.7 Å². The van der Waals surface area contributed by atoms with Crippen molar-refractivity contribution in [1.29, 1.82) is 0 Å². The molecule has 7 atom stereocenters. The molecule has 0 bridgehead atoms. The molecule has 0 aliphatic carbocycles. The highest BCUT2D eigenvalue weighted by atomic mass is 35.5. The SMILES string of the molecule is CC[C@H](C)[C@@H]([NH3+])[C@@H](O)CC(=O)O[C@H](C(=O)C(C)C(=O)N[C@@H](CC(C)C)C(=O)N1CCC[C@H]1C(=O)OCc1ccccc1)C(C)C.[Cl-]. The van der Waals surface area contributed by atoms with Crippen LogP contribution in [-0.2, 0) is 40.1 Å². The summed E-state index contributed by atoms with van der Waals surface area (Å²) in [7, 11) is 0. The van der Waals surface area contributed by atoms with Crippen molar-refractivity contribution in [3.63, 3.8) is 0 Å². The fraction of sp³-hybridized carbons (Fsp3) is 0.676. The van der Waals surface area contributed by atoms with Crippen LogP contribution in [0.15, 0.2) is 30.3 Å². The highest BCUT2D eigenvalue weighted by Crippen LogP contribution is 2.23. The number of ether oxygens (including phenoxy) is 2. The zero-order valence-electron chi connectivity index (χ0n) is 28.4. The van der Waals surface area contributed by atoms with E-state index >= 15 is 0 Å². The molecular weight excluding hydrogens is 614 g/mol. The summed E-state index contributed by atoms with van der Waals surface area (Å²) in [5.74, 6) is -4.44. The van der Waals surface area contributed by atoms with Crippen LogP contribution in [0.2, 0.25) is 0 Å². The van der Waals surface area contributed by atoms with Gasteiger partial charge in [-0.2, -0.15) is 0 Å². The molecule has 12 heteroatoms. The molecule has 1 aromatic carbocycles. The molecule has 0 saturated carbocycles. The minimum Gasteiger partial charge on any atom is -1.00 e. The van der Waals surface area contributed by atoms with Crippen molar-refractivity contribution in [3.8, 4) is 0 Å². The van der Waals surface area contributed by atoms with E-state index in [0.717, 1.165) is 12.0 Å². The van der Waals surface area contributed by atoms with Gasteiger partial charge in [0, 0.05) is 12.5 Å². The van der Waals surface area contributed by atoms with E-state index in [4.69, 9.17) is 9.47 Å². The molecule has 260 valence electrons. The molecule has 2 amide bonds. The molecule has 1 fully saturated rings. The van der Waals surface area contributed by atoms with Gasteiger partial charge in [0.2, 0.25) is 11.8 Å². The summed E-state index contributed by atoms with van der Waals surface area (Å²) < 4.78 is 11.0. The fourth-order valence-corrected chi connectivity index (χ4v) is 5.38. The third-order valence-electron chi connectivity index (χ3n) is 8.56. The second-order valence-corrected chi connectivity index (χ2v) is 13.1. The Hall–Kier alpha value is -3.02. The number of ketones is 1. The van der Waals surface area contributed by atoms with Gasteiger partial charge >= 0.3 is 11.9 Å². The second kappa shape index (κ2) is 19.6. The average molecular weight is 668 g/mol. The smallest absolute Gasteiger partial charge is 0.329 e. The number of carbonyl (C=O) groups excluding carboxylic acids is 5. The number of quaternary nitrogens is 1. The molecule has 11 nitrogen and oxygen atoms in total. The maximum Gasteiger partial charge on any atom is 0.329 e. The van der Waals surface area contributed by atoms with Crippen molar-refractivity contribution in [1.82, 2.24) is 10.2 Å². The number of nitrogens with one attached hydrogen (secondary N) is 1. The number of carbonyl (C=O) groups is 5. The lowest BCUT2D eigenvalue weighted by Gasteiger charge is -2.30. The fourth-order valence-electron chi connectivity index (χ4n) is 5.38. The Morgan fingerprint density at radius 3 is 2.24 bits per heavy atom. The van der Waals surface area contributed by atoms with Crippen LogP contribution >= 0.6 is 0 Å². The van der Waals surface area contributed by atoms with Crippen molar-refractivity contribution in [2.24, 2.45) is 23.7 Å². The van der Waals surface area contributed by atoms with E-state index in [1.807, 2.05) is 58.0 Å². The van der Waals surface area contributed by atoms with E-state index in [1.54, 1.807) is 13.8 Å². The van der Waals surface area contributed by atoms with E-state index in [9.17, 15) is 29.1 Å². The number of Topliss-reactive ketones (excluding diaryl/α,β-unsaturated/α-hetero) is 1. The van der Waals surface area contributed by atoms with Gasteiger partial charge in [-0.15, -0.1) is 0 Å². The number of nitrogens with zero attached hydrogens (tertiary/aromatic N) is 1. The monoisotopic (exact) mass is 667 g/mol. The van der Waals surface area contributed by atoms with Crippen LogP contribution in [0.5, 0.6) is 0 Å². The molecule has 1 aliphatic heterocycles. The summed E-state index contributed by atoms with van der Waals surface area (Å²) in [5.41, 5.74) is 4.79. The Balaban J connectivity index is 0.0000106. The number of halogens is 1. The highest BCUT2D eigenvalue weighted by Gasteiger charge is 2.41.